The van der Waals surface area contributed by atoms with Crippen LogP contribution in [-0.4, -0.2) is 34.4 Å². The summed E-state index contributed by atoms with van der Waals surface area (Å²) in [6.07, 6.45) is 0.532. The van der Waals surface area contributed by atoms with Gasteiger partial charge in [-0.05, 0) is 42.7 Å². The summed E-state index contributed by atoms with van der Waals surface area (Å²) in [6, 6.07) is 17.6. The van der Waals surface area contributed by atoms with Crippen LogP contribution < -0.4 is 10.3 Å². The van der Waals surface area contributed by atoms with E-state index in [9.17, 15) is 9.59 Å². The van der Waals surface area contributed by atoms with E-state index in [1.807, 2.05) is 68.4 Å². The van der Waals surface area contributed by atoms with Gasteiger partial charge in [-0.25, -0.2) is 4.98 Å². The van der Waals surface area contributed by atoms with Crippen molar-refractivity contribution in [3.05, 3.63) is 92.3 Å². The van der Waals surface area contributed by atoms with E-state index in [0.717, 1.165) is 16.9 Å². The standard InChI is InChI=1S/C25H25N3O3S/c1-4-31-19-12-10-18(11-13-19)15-28(3)25(30)22-16(2)21-23(29)26-20(27-24(21)32-22)14-17-8-6-5-7-9-17/h5-13H,4,14-15H2,1-3H3,(H,26,27,29). The Bertz CT molecular complexity index is 1290. The van der Waals surface area contributed by atoms with Crippen LogP contribution in [0.15, 0.2) is 59.4 Å². The summed E-state index contributed by atoms with van der Waals surface area (Å²) in [7, 11) is 1.76. The lowest BCUT2D eigenvalue weighted by Crippen LogP contribution is -2.26. The quantitative estimate of drug-likeness (QED) is 0.451. The van der Waals surface area contributed by atoms with Gasteiger partial charge in [-0.15, -0.1) is 11.3 Å². The van der Waals surface area contributed by atoms with Gasteiger partial charge < -0.3 is 14.6 Å². The number of H-pyrrole nitrogens is 1. The Balaban J connectivity index is 1.57. The predicted molar refractivity (Wildman–Crippen MR) is 128 cm³/mol. The molecule has 0 unspecified atom stereocenters. The minimum Gasteiger partial charge on any atom is -0.494 e. The van der Waals surface area contributed by atoms with Gasteiger partial charge >= 0.3 is 0 Å². The first-order valence-corrected chi connectivity index (χ1v) is 11.3. The fraction of sp³-hybridized carbons (Fsp3) is 0.240. The van der Waals surface area contributed by atoms with E-state index in [-0.39, 0.29) is 11.5 Å². The third-order valence-electron chi connectivity index (χ3n) is 5.26. The number of carbonyl (C=O) groups is 1. The second-order valence-corrected chi connectivity index (χ2v) is 8.65. The van der Waals surface area contributed by atoms with Crippen molar-refractivity contribution in [1.82, 2.24) is 14.9 Å². The highest BCUT2D eigenvalue weighted by Crippen LogP contribution is 2.28. The maximum Gasteiger partial charge on any atom is 0.264 e. The van der Waals surface area contributed by atoms with E-state index in [1.54, 1.807) is 11.9 Å². The number of ether oxygens (including phenoxy) is 1. The smallest absolute Gasteiger partial charge is 0.264 e. The Morgan fingerprint density at radius 1 is 1.09 bits per heavy atom. The molecule has 0 saturated carbocycles. The van der Waals surface area contributed by atoms with Crippen molar-refractivity contribution in [3.63, 3.8) is 0 Å². The highest BCUT2D eigenvalue weighted by Gasteiger charge is 2.22. The molecular formula is C25H25N3O3S. The van der Waals surface area contributed by atoms with Crippen molar-refractivity contribution in [1.29, 1.82) is 0 Å². The number of hydrogen-bond acceptors (Lipinski definition) is 5. The second kappa shape index (κ2) is 9.36. The van der Waals surface area contributed by atoms with Crippen LogP contribution >= 0.6 is 11.3 Å². The number of rotatable bonds is 7. The van der Waals surface area contributed by atoms with Gasteiger partial charge in [0.2, 0.25) is 0 Å². The molecule has 32 heavy (non-hydrogen) atoms. The molecule has 164 valence electrons. The second-order valence-electron chi connectivity index (χ2n) is 7.65. The number of hydrogen-bond donors (Lipinski definition) is 1. The zero-order valence-electron chi connectivity index (χ0n) is 18.3. The summed E-state index contributed by atoms with van der Waals surface area (Å²) in [4.78, 5) is 36.3. The van der Waals surface area contributed by atoms with Gasteiger partial charge in [0.05, 0.1) is 16.9 Å². The Morgan fingerprint density at radius 2 is 1.81 bits per heavy atom. The number of carbonyl (C=O) groups excluding carboxylic acids is 1. The van der Waals surface area contributed by atoms with Gasteiger partial charge in [-0.3, -0.25) is 9.59 Å². The van der Waals surface area contributed by atoms with E-state index < -0.39 is 0 Å². The SMILES string of the molecule is CCOc1ccc(CN(C)C(=O)c2sc3nc(Cc4ccccc4)[nH]c(=O)c3c2C)cc1. The molecule has 4 aromatic rings. The van der Waals surface area contributed by atoms with E-state index in [0.29, 0.717) is 46.1 Å². The Kier molecular flexibility index (Phi) is 6.37. The van der Waals surface area contributed by atoms with E-state index in [1.165, 1.54) is 11.3 Å². The lowest BCUT2D eigenvalue weighted by atomic mass is 10.1. The first-order chi connectivity index (χ1) is 15.5. The number of nitrogens with one attached hydrogen (secondary N) is 1. The number of fused-ring (bicyclic) bond motifs is 1. The molecular weight excluding hydrogens is 422 g/mol. The minimum absolute atomic E-state index is 0.122. The van der Waals surface area contributed by atoms with Gasteiger partial charge in [0, 0.05) is 20.0 Å². The molecule has 1 N–H and O–H groups in total. The van der Waals surface area contributed by atoms with E-state index in [4.69, 9.17) is 4.74 Å². The molecule has 0 aliphatic carbocycles. The monoisotopic (exact) mass is 447 g/mol. The fourth-order valence-electron chi connectivity index (χ4n) is 3.64. The number of benzene rings is 2. The molecule has 0 aliphatic heterocycles. The fourth-order valence-corrected chi connectivity index (χ4v) is 4.84. The van der Waals surface area contributed by atoms with Crippen molar-refractivity contribution in [2.45, 2.75) is 26.8 Å². The highest BCUT2D eigenvalue weighted by atomic mass is 32.1. The van der Waals surface area contributed by atoms with Crippen LogP contribution in [0.1, 0.15) is 39.1 Å². The van der Waals surface area contributed by atoms with Crippen LogP contribution in [0.2, 0.25) is 0 Å². The zero-order valence-corrected chi connectivity index (χ0v) is 19.2. The first-order valence-electron chi connectivity index (χ1n) is 10.5. The van der Waals surface area contributed by atoms with Gasteiger partial charge in [0.15, 0.2) is 0 Å². The largest absolute Gasteiger partial charge is 0.494 e. The Hall–Kier alpha value is -3.45. The highest BCUT2D eigenvalue weighted by molar-refractivity contribution is 7.20. The summed E-state index contributed by atoms with van der Waals surface area (Å²) in [6.45, 7) is 4.83. The molecule has 1 amide bonds. The number of aryl methyl sites for hydroxylation is 1. The molecule has 2 aromatic carbocycles. The molecule has 0 saturated heterocycles. The molecule has 0 radical (unpaired) electrons. The number of aromatic nitrogens is 2. The number of amides is 1. The van der Waals surface area contributed by atoms with Gasteiger partial charge in [0.25, 0.3) is 11.5 Å². The summed E-state index contributed by atoms with van der Waals surface area (Å²) in [5, 5.41) is 0.490. The third-order valence-corrected chi connectivity index (χ3v) is 6.43. The molecule has 0 fully saturated rings. The Morgan fingerprint density at radius 3 is 2.50 bits per heavy atom. The summed E-state index contributed by atoms with van der Waals surface area (Å²) in [5.74, 6) is 1.28. The average Bonchev–Trinajstić information content (AvgIpc) is 3.12. The maximum absolute atomic E-state index is 13.2. The lowest BCUT2D eigenvalue weighted by molar-refractivity contribution is 0.0789. The number of nitrogens with zero attached hydrogens (tertiary/aromatic N) is 2. The molecule has 0 spiro atoms. The van der Waals surface area contributed by atoms with Gasteiger partial charge in [0.1, 0.15) is 16.4 Å². The minimum atomic E-state index is -0.206. The molecule has 4 rings (SSSR count). The molecule has 7 heteroatoms. The molecule has 2 heterocycles. The van der Waals surface area contributed by atoms with Crippen molar-refractivity contribution in [2.24, 2.45) is 0 Å². The van der Waals surface area contributed by atoms with Crippen molar-refractivity contribution >= 4 is 27.5 Å². The Labute approximate surface area is 190 Å². The van der Waals surface area contributed by atoms with Crippen molar-refractivity contribution < 1.29 is 9.53 Å². The third kappa shape index (κ3) is 4.57. The van der Waals surface area contributed by atoms with Crippen LogP contribution in [-0.2, 0) is 13.0 Å². The number of aromatic amines is 1. The summed E-state index contributed by atoms with van der Waals surface area (Å²) >= 11 is 1.28. The first kappa shape index (κ1) is 21.8. The van der Waals surface area contributed by atoms with E-state index in [2.05, 4.69) is 9.97 Å². The predicted octanol–water partition coefficient (Wildman–Crippen LogP) is 4.55. The summed E-state index contributed by atoms with van der Waals surface area (Å²) < 4.78 is 5.47. The van der Waals surface area contributed by atoms with Gasteiger partial charge in [-0.1, -0.05) is 42.5 Å². The molecule has 6 nitrogen and oxygen atoms in total. The molecule has 0 bridgehead atoms. The van der Waals surface area contributed by atoms with Crippen molar-refractivity contribution in [2.75, 3.05) is 13.7 Å². The summed E-state index contributed by atoms with van der Waals surface area (Å²) in [5.41, 5.74) is 2.54. The number of thiophene rings is 1. The van der Waals surface area contributed by atoms with Crippen LogP contribution in [0.4, 0.5) is 0 Å². The normalized spacial score (nSPS) is 11.0. The topological polar surface area (TPSA) is 75.3 Å². The van der Waals surface area contributed by atoms with Crippen molar-refractivity contribution in [3.8, 4) is 5.75 Å². The molecule has 2 aromatic heterocycles. The maximum atomic E-state index is 13.2. The van der Waals surface area contributed by atoms with Crippen LogP contribution in [0.25, 0.3) is 10.2 Å². The van der Waals surface area contributed by atoms with Crippen LogP contribution in [0.3, 0.4) is 0 Å². The van der Waals surface area contributed by atoms with Crippen LogP contribution in [0, 0.1) is 6.92 Å². The molecule has 0 aliphatic rings. The van der Waals surface area contributed by atoms with E-state index >= 15 is 0 Å². The average molecular weight is 448 g/mol. The zero-order chi connectivity index (χ0) is 22.7. The van der Waals surface area contributed by atoms with Crippen LogP contribution in [0.5, 0.6) is 5.75 Å². The van der Waals surface area contributed by atoms with Gasteiger partial charge in [-0.2, -0.15) is 0 Å². The molecule has 0 atom stereocenters. The lowest BCUT2D eigenvalue weighted by Gasteiger charge is -2.17.